The SMILES string of the molecule is CCOC(=O)C1CCN(C(=O)COC(=O)C2CCCN2C(=O)c2ccco2)CC1. The van der Waals surface area contributed by atoms with Gasteiger partial charge < -0.3 is 23.7 Å². The van der Waals surface area contributed by atoms with Gasteiger partial charge in [-0.3, -0.25) is 14.4 Å². The summed E-state index contributed by atoms with van der Waals surface area (Å²) >= 11 is 0. The topological polar surface area (TPSA) is 106 Å². The van der Waals surface area contributed by atoms with Gasteiger partial charge >= 0.3 is 11.9 Å². The largest absolute Gasteiger partial charge is 0.466 e. The fraction of sp³-hybridized carbons (Fsp3) is 0.600. The third-order valence-electron chi connectivity index (χ3n) is 5.32. The number of hydrogen-bond donors (Lipinski definition) is 0. The van der Waals surface area contributed by atoms with Crippen molar-refractivity contribution in [3.05, 3.63) is 24.2 Å². The molecular formula is C20H26N2O7. The predicted molar refractivity (Wildman–Crippen MR) is 99.7 cm³/mol. The van der Waals surface area contributed by atoms with Crippen LogP contribution in [0, 0.1) is 5.92 Å². The molecule has 9 nitrogen and oxygen atoms in total. The predicted octanol–water partition coefficient (Wildman–Crippen LogP) is 1.23. The highest BCUT2D eigenvalue weighted by Crippen LogP contribution is 2.22. The van der Waals surface area contributed by atoms with E-state index >= 15 is 0 Å². The summed E-state index contributed by atoms with van der Waals surface area (Å²) in [5.74, 6) is -1.50. The lowest BCUT2D eigenvalue weighted by Crippen LogP contribution is -2.44. The molecule has 0 radical (unpaired) electrons. The van der Waals surface area contributed by atoms with E-state index in [-0.39, 0.29) is 36.1 Å². The van der Waals surface area contributed by atoms with E-state index in [1.807, 2.05) is 0 Å². The smallest absolute Gasteiger partial charge is 0.329 e. The van der Waals surface area contributed by atoms with Crippen LogP contribution in [0.2, 0.25) is 0 Å². The highest BCUT2D eigenvalue weighted by molar-refractivity contribution is 5.95. The van der Waals surface area contributed by atoms with E-state index in [0.29, 0.717) is 51.9 Å². The van der Waals surface area contributed by atoms with E-state index in [0.717, 1.165) is 0 Å². The van der Waals surface area contributed by atoms with Crippen LogP contribution in [-0.2, 0) is 23.9 Å². The molecule has 2 aliphatic heterocycles. The number of carbonyl (C=O) groups is 4. The zero-order valence-electron chi connectivity index (χ0n) is 16.5. The number of likely N-dealkylation sites (tertiary alicyclic amines) is 2. The van der Waals surface area contributed by atoms with Crippen LogP contribution in [0.1, 0.15) is 43.2 Å². The average Bonchev–Trinajstić information content (AvgIpc) is 3.43. The summed E-state index contributed by atoms with van der Waals surface area (Å²) in [7, 11) is 0. The standard InChI is InChI=1S/C20H26N2O7/c1-2-27-19(25)14-7-10-21(11-8-14)17(23)13-29-20(26)15-5-3-9-22(15)18(24)16-6-4-12-28-16/h4,6,12,14-15H,2-3,5,7-11,13H2,1H3. The van der Waals surface area contributed by atoms with Crippen LogP contribution in [0.3, 0.4) is 0 Å². The Morgan fingerprint density at radius 1 is 1.07 bits per heavy atom. The summed E-state index contributed by atoms with van der Waals surface area (Å²) in [6.07, 6.45) is 3.64. The van der Waals surface area contributed by atoms with Crippen molar-refractivity contribution in [2.75, 3.05) is 32.8 Å². The van der Waals surface area contributed by atoms with E-state index in [4.69, 9.17) is 13.9 Å². The molecule has 0 spiro atoms. The lowest BCUT2D eigenvalue weighted by atomic mass is 9.97. The van der Waals surface area contributed by atoms with Crippen LogP contribution in [0.5, 0.6) is 0 Å². The second-order valence-corrected chi connectivity index (χ2v) is 7.15. The van der Waals surface area contributed by atoms with Crippen molar-refractivity contribution >= 4 is 23.8 Å². The quantitative estimate of drug-likeness (QED) is 0.654. The molecule has 3 heterocycles. The number of carbonyl (C=O) groups excluding carboxylic acids is 4. The fourth-order valence-corrected chi connectivity index (χ4v) is 3.74. The molecule has 2 saturated heterocycles. The van der Waals surface area contributed by atoms with Gasteiger partial charge in [0.05, 0.1) is 18.8 Å². The van der Waals surface area contributed by atoms with Crippen molar-refractivity contribution < 1.29 is 33.1 Å². The van der Waals surface area contributed by atoms with Crippen LogP contribution in [0.25, 0.3) is 0 Å². The number of esters is 2. The molecule has 158 valence electrons. The zero-order chi connectivity index (χ0) is 20.8. The van der Waals surface area contributed by atoms with Crippen LogP contribution >= 0.6 is 0 Å². The molecule has 0 N–H and O–H groups in total. The Balaban J connectivity index is 1.46. The lowest BCUT2D eigenvalue weighted by Gasteiger charge is -2.31. The highest BCUT2D eigenvalue weighted by Gasteiger charge is 2.37. The summed E-state index contributed by atoms with van der Waals surface area (Å²) in [6, 6.07) is 2.45. The van der Waals surface area contributed by atoms with Gasteiger partial charge in [-0.05, 0) is 44.7 Å². The van der Waals surface area contributed by atoms with E-state index in [1.165, 1.54) is 11.2 Å². The molecule has 1 aromatic heterocycles. The average molecular weight is 406 g/mol. The number of hydrogen-bond acceptors (Lipinski definition) is 7. The Labute approximate surface area is 168 Å². The molecule has 1 atom stereocenters. The van der Waals surface area contributed by atoms with Crippen LogP contribution < -0.4 is 0 Å². The van der Waals surface area contributed by atoms with Gasteiger partial charge in [0.2, 0.25) is 0 Å². The Hall–Kier alpha value is -2.84. The fourth-order valence-electron chi connectivity index (χ4n) is 3.74. The Morgan fingerprint density at radius 2 is 1.83 bits per heavy atom. The molecule has 2 amide bonds. The maximum absolute atomic E-state index is 12.5. The van der Waals surface area contributed by atoms with Crippen molar-refractivity contribution in [3.8, 4) is 0 Å². The molecule has 2 fully saturated rings. The van der Waals surface area contributed by atoms with Crippen molar-refractivity contribution in [1.29, 1.82) is 0 Å². The Morgan fingerprint density at radius 3 is 2.48 bits per heavy atom. The number of piperidine rings is 1. The molecule has 1 aromatic rings. The summed E-state index contributed by atoms with van der Waals surface area (Å²) in [5, 5.41) is 0. The number of ether oxygens (including phenoxy) is 2. The third kappa shape index (κ3) is 4.96. The number of furan rings is 1. The van der Waals surface area contributed by atoms with Crippen LogP contribution in [0.15, 0.2) is 22.8 Å². The first kappa shape index (κ1) is 20.9. The highest BCUT2D eigenvalue weighted by atomic mass is 16.5. The van der Waals surface area contributed by atoms with Gasteiger partial charge in [0.25, 0.3) is 11.8 Å². The van der Waals surface area contributed by atoms with Crippen molar-refractivity contribution in [2.24, 2.45) is 5.92 Å². The monoisotopic (exact) mass is 406 g/mol. The van der Waals surface area contributed by atoms with Crippen LogP contribution in [0.4, 0.5) is 0 Å². The number of rotatable bonds is 6. The number of amides is 2. The van der Waals surface area contributed by atoms with Gasteiger partial charge in [-0.25, -0.2) is 4.79 Å². The molecule has 0 aromatic carbocycles. The third-order valence-corrected chi connectivity index (χ3v) is 5.32. The first-order chi connectivity index (χ1) is 14.0. The molecular weight excluding hydrogens is 380 g/mol. The minimum atomic E-state index is -0.713. The van der Waals surface area contributed by atoms with Gasteiger partial charge in [-0.15, -0.1) is 0 Å². The van der Waals surface area contributed by atoms with Gasteiger partial charge in [0, 0.05) is 19.6 Å². The maximum Gasteiger partial charge on any atom is 0.329 e. The van der Waals surface area contributed by atoms with Gasteiger partial charge in [-0.1, -0.05) is 0 Å². The van der Waals surface area contributed by atoms with E-state index in [1.54, 1.807) is 24.0 Å². The first-order valence-corrected chi connectivity index (χ1v) is 9.96. The minimum absolute atomic E-state index is 0.172. The summed E-state index contributed by atoms with van der Waals surface area (Å²) in [6.45, 7) is 3.02. The van der Waals surface area contributed by atoms with E-state index in [2.05, 4.69) is 0 Å². The van der Waals surface area contributed by atoms with Gasteiger partial charge in [0.1, 0.15) is 6.04 Å². The second kappa shape index (κ2) is 9.58. The molecule has 29 heavy (non-hydrogen) atoms. The van der Waals surface area contributed by atoms with Crippen molar-refractivity contribution in [2.45, 2.75) is 38.6 Å². The van der Waals surface area contributed by atoms with Gasteiger partial charge in [0.15, 0.2) is 12.4 Å². The molecule has 1 unspecified atom stereocenters. The molecule has 2 aliphatic rings. The molecule has 0 saturated carbocycles. The minimum Gasteiger partial charge on any atom is -0.466 e. The first-order valence-electron chi connectivity index (χ1n) is 9.96. The zero-order valence-corrected chi connectivity index (χ0v) is 16.5. The van der Waals surface area contributed by atoms with Crippen molar-refractivity contribution in [3.63, 3.8) is 0 Å². The van der Waals surface area contributed by atoms with E-state index < -0.39 is 12.0 Å². The molecule has 9 heteroatoms. The summed E-state index contributed by atoms with van der Waals surface area (Å²) in [4.78, 5) is 52.1. The Bertz CT molecular complexity index is 738. The molecule has 0 aliphatic carbocycles. The molecule has 0 bridgehead atoms. The van der Waals surface area contributed by atoms with Crippen molar-refractivity contribution in [1.82, 2.24) is 9.80 Å². The summed E-state index contributed by atoms with van der Waals surface area (Å²) < 4.78 is 15.3. The van der Waals surface area contributed by atoms with E-state index in [9.17, 15) is 19.2 Å². The number of nitrogens with zero attached hydrogens (tertiary/aromatic N) is 2. The maximum atomic E-state index is 12.5. The second-order valence-electron chi connectivity index (χ2n) is 7.15. The summed E-state index contributed by atoms with van der Waals surface area (Å²) in [5.41, 5.74) is 0. The molecule has 3 rings (SSSR count). The van der Waals surface area contributed by atoms with Gasteiger partial charge in [-0.2, -0.15) is 0 Å². The lowest BCUT2D eigenvalue weighted by molar-refractivity contribution is -0.157. The Kier molecular flexibility index (Phi) is 6.90. The van der Waals surface area contributed by atoms with Crippen LogP contribution in [-0.4, -0.2) is 72.4 Å². The normalized spacial score (nSPS) is 19.8.